The minimum atomic E-state index is -2.32. The van der Waals surface area contributed by atoms with Crippen LogP contribution in [0.25, 0.3) is 0 Å². The summed E-state index contributed by atoms with van der Waals surface area (Å²) in [5, 5.41) is 5.48. The lowest BCUT2D eigenvalue weighted by Crippen LogP contribution is -2.68. The molecule has 0 aliphatic carbocycles. The minimum Gasteiger partial charge on any atom is -0.373 e. The first kappa shape index (κ1) is 16.1. The van der Waals surface area contributed by atoms with Crippen LogP contribution in [-0.2, 0) is 4.74 Å². The molecule has 1 aliphatic heterocycles. The highest BCUT2D eigenvalue weighted by atomic mass is 28.3. The van der Waals surface area contributed by atoms with E-state index >= 15 is 0 Å². The third-order valence-corrected chi connectivity index (χ3v) is 9.89. The highest BCUT2D eigenvalue weighted by molar-refractivity contribution is 7.16. The predicted octanol–water partition coefficient (Wildman–Crippen LogP) is 3.04. The lowest BCUT2D eigenvalue weighted by Gasteiger charge is -2.35. The van der Waals surface area contributed by atoms with E-state index in [1.807, 2.05) is 0 Å². The summed E-state index contributed by atoms with van der Waals surface area (Å²) in [6.45, 7) is 5.48. The molecule has 3 aromatic rings. The number of epoxide rings is 1. The second-order valence-corrected chi connectivity index (χ2v) is 10.6. The van der Waals surface area contributed by atoms with Gasteiger partial charge in [0.25, 0.3) is 0 Å². The van der Waals surface area contributed by atoms with Crippen molar-refractivity contribution in [3.8, 4) is 0 Å². The average molecular weight is 343 g/mol. The van der Waals surface area contributed by atoms with Crippen molar-refractivity contribution in [3.63, 3.8) is 0 Å². The molecular formula is C23H22OSi. The molecule has 0 radical (unpaired) electrons. The molecule has 0 bridgehead atoms. The quantitative estimate of drug-likeness (QED) is 0.381. The molecule has 2 heteroatoms. The Morgan fingerprint density at radius 3 is 1.44 bits per heavy atom. The molecule has 0 amide bonds. The fraction of sp³-hybridized carbons (Fsp3) is 0.130. The lowest BCUT2D eigenvalue weighted by molar-refractivity contribution is 0.409. The third-order valence-electron chi connectivity index (χ3n) is 5.03. The lowest BCUT2D eigenvalue weighted by atomic mass is 10.3. The van der Waals surface area contributed by atoms with Gasteiger partial charge in [0.1, 0.15) is 0 Å². The molecule has 4 rings (SSSR count). The zero-order valence-corrected chi connectivity index (χ0v) is 15.3. The molecule has 1 unspecified atom stereocenters. The van der Waals surface area contributed by atoms with Crippen molar-refractivity contribution in [2.24, 2.45) is 0 Å². The molecule has 1 aliphatic rings. The predicted molar refractivity (Wildman–Crippen MR) is 107 cm³/mol. The van der Waals surface area contributed by atoms with Gasteiger partial charge in [-0.3, -0.25) is 0 Å². The van der Waals surface area contributed by atoms with Crippen molar-refractivity contribution < 1.29 is 4.74 Å². The van der Waals surface area contributed by atoms with Crippen LogP contribution in [-0.4, -0.2) is 20.8 Å². The van der Waals surface area contributed by atoms with Crippen LogP contribution in [0.15, 0.2) is 103 Å². The van der Waals surface area contributed by atoms with E-state index in [1.165, 1.54) is 20.8 Å². The molecule has 0 saturated carbocycles. The Morgan fingerprint density at radius 2 is 1.12 bits per heavy atom. The highest BCUT2D eigenvalue weighted by Gasteiger charge is 2.43. The van der Waals surface area contributed by atoms with E-state index in [1.54, 1.807) is 0 Å². The molecule has 1 heterocycles. The van der Waals surface area contributed by atoms with Gasteiger partial charge in [0.05, 0.1) is 12.7 Å². The molecule has 1 fully saturated rings. The average Bonchev–Trinajstić information content (AvgIpc) is 3.49. The van der Waals surface area contributed by atoms with Crippen molar-refractivity contribution in [2.75, 3.05) is 6.61 Å². The van der Waals surface area contributed by atoms with Crippen LogP contribution in [0.3, 0.4) is 0 Å². The zero-order chi connectivity index (χ0) is 17.1. The number of hydrogen-bond donors (Lipinski definition) is 0. The Bertz CT molecular complexity index is 742. The molecular weight excluding hydrogens is 320 g/mol. The summed E-state index contributed by atoms with van der Waals surface area (Å²) < 4.78 is 5.54. The van der Waals surface area contributed by atoms with Gasteiger partial charge in [-0.05, 0) is 22.0 Å². The van der Waals surface area contributed by atoms with E-state index in [2.05, 4.69) is 97.6 Å². The Morgan fingerprint density at radius 1 is 0.760 bits per heavy atom. The van der Waals surface area contributed by atoms with Gasteiger partial charge in [-0.2, -0.15) is 0 Å². The van der Waals surface area contributed by atoms with Gasteiger partial charge < -0.3 is 4.74 Å². The Hall–Kier alpha value is -2.42. The first-order valence-electron chi connectivity index (χ1n) is 8.78. The Kier molecular flexibility index (Phi) is 4.39. The van der Waals surface area contributed by atoms with E-state index < -0.39 is 8.07 Å². The van der Waals surface area contributed by atoms with Gasteiger partial charge in [-0.15, -0.1) is 6.58 Å². The fourth-order valence-corrected chi connectivity index (χ4v) is 8.63. The van der Waals surface area contributed by atoms with Crippen molar-refractivity contribution >= 4 is 23.6 Å². The van der Waals surface area contributed by atoms with Gasteiger partial charge in [-0.25, -0.2) is 0 Å². The van der Waals surface area contributed by atoms with Gasteiger partial charge in [-0.1, -0.05) is 96.2 Å². The van der Waals surface area contributed by atoms with E-state index in [-0.39, 0.29) is 0 Å². The third kappa shape index (κ3) is 2.99. The summed E-state index contributed by atoms with van der Waals surface area (Å²) >= 11 is 0. The van der Waals surface area contributed by atoms with Crippen LogP contribution in [0, 0.1) is 0 Å². The first-order chi connectivity index (χ1) is 12.3. The van der Waals surface area contributed by atoms with Gasteiger partial charge in [0.2, 0.25) is 0 Å². The van der Waals surface area contributed by atoms with Gasteiger partial charge in [0, 0.05) is 0 Å². The number of hydrogen-bond acceptors (Lipinski definition) is 1. The van der Waals surface area contributed by atoms with Crippen LogP contribution in [0.4, 0.5) is 0 Å². The molecule has 1 saturated heterocycles. The molecule has 0 aromatic heterocycles. The summed E-state index contributed by atoms with van der Waals surface area (Å²) in [5.74, 6) is 0. The smallest absolute Gasteiger partial charge is 0.175 e. The molecule has 25 heavy (non-hydrogen) atoms. The summed E-state index contributed by atoms with van der Waals surface area (Å²) in [4.78, 5) is 0. The maximum Gasteiger partial charge on any atom is 0.175 e. The minimum absolute atomic E-state index is 0.343. The molecule has 3 aromatic carbocycles. The second-order valence-electron chi connectivity index (χ2n) is 6.61. The van der Waals surface area contributed by atoms with Crippen LogP contribution in [0.5, 0.6) is 0 Å². The van der Waals surface area contributed by atoms with Crippen molar-refractivity contribution in [3.05, 3.63) is 103 Å². The first-order valence-corrected chi connectivity index (χ1v) is 10.8. The van der Waals surface area contributed by atoms with Crippen LogP contribution >= 0.6 is 0 Å². The largest absolute Gasteiger partial charge is 0.373 e. The van der Waals surface area contributed by atoms with Crippen LogP contribution in [0.1, 0.15) is 6.42 Å². The number of benzene rings is 3. The summed E-state index contributed by atoms with van der Waals surface area (Å²) in [6.07, 6.45) is 1.28. The maximum absolute atomic E-state index is 5.54. The van der Waals surface area contributed by atoms with Crippen LogP contribution < -0.4 is 15.6 Å². The summed E-state index contributed by atoms with van der Waals surface area (Å²) in [6, 6.07) is 32.7. The van der Waals surface area contributed by atoms with Crippen molar-refractivity contribution in [1.82, 2.24) is 0 Å². The van der Waals surface area contributed by atoms with E-state index in [4.69, 9.17) is 4.74 Å². The Labute approximate surface area is 150 Å². The Balaban J connectivity index is 1.98. The molecule has 0 spiro atoms. The zero-order valence-electron chi connectivity index (χ0n) is 14.3. The van der Waals surface area contributed by atoms with E-state index in [0.717, 1.165) is 13.0 Å². The van der Waals surface area contributed by atoms with Crippen molar-refractivity contribution in [1.29, 1.82) is 0 Å². The molecule has 1 nitrogen and oxygen atoms in total. The van der Waals surface area contributed by atoms with E-state index in [0.29, 0.717) is 6.10 Å². The summed E-state index contributed by atoms with van der Waals surface area (Å²) in [5.41, 5.74) is 0. The summed E-state index contributed by atoms with van der Waals surface area (Å²) in [7, 11) is -2.32. The van der Waals surface area contributed by atoms with Crippen LogP contribution in [0.2, 0.25) is 0 Å². The number of rotatable bonds is 6. The highest BCUT2D eigenvalue weighted by Crippen LogP contribution is 2.25. The van der Waals surface area contributed by atoms with Crippen molar-refractivity contribution in [2.45, 2.75) is 12.5 Å². The molecule has 0 N–H and O–H groups in total. The fourth-order valence-electron chi connectivity index (χ4n) is 3.79. The second kappa shape index (κ2) is 6.83. The SMILES string of the molecule is C=C(CC1CO1)[Si](c1ccccc1)(c1ccccc1)c1ccccc1. The standard InChI is InChI=1S/C23H22OSi/c1-19(17-20-18-24-20)25(21-11-5-2-6-12-21,22-13-7-3-8-14-22)23-15-9-4-10-16-23/h2-16,20H,1,17-18H2. The normalized spacial score (nSPS) is 16.4. The van der Waals surface area contributed by atoms with Gasteiger partial charge in [0.15, 0.2) is 8.07 Å². The molecule has 1 atom stereocenters. The van der Waals surface area contributed by atoms with Gasteiger partial charge >= 0.3 is 0 Å². The molecule has 124 valence electrons. The monoisotopic (exact) mass is 342 g/mol. The topological polar surface area (TPSA) is 12.5 Å². The van der Waals surface area contributed by atoms with E-state index in [9.17, 15) is 0 Å². The number of ether oxygens (including phenoxy) is 1. The maximum atomic E-state index is 5.54.